The molecule has 0 heterocycles. The molecule has 0 aromatic carbocycles. The average Bonchev–Trinajstić information content (AvgIpc) is 0.907. The Kier molecular flexibility index (Phi) is 79.4. The Bertz CT molecular complexity index is 2120. The van der Waals surface area contributed by atoms with Crippen molar-refractivity contribution in [1.82, 2.24) is 0 Å². The smallest absolute Gasteiger partial charge is 0.462 e. The summed E-state index contributed by atoms with van der Waals surface area (Å²) in [7, 11) is -9.93. The second-order valence-electron chi connectivity index (χ2n) is 33.9. The van der Waals surface area contributed by atoms with Crippen LogP contribution in [-0.4, -0.2) is 96.7 Å². The van der Waals surface area contributed by atoms with Crippen molar-refractivity contribution in [2.45, 2.75) is 503 Å². The molecular weight excluding hydrogens is 1430 g/mol. The van der Waals surface area contributed by atoms with Crippen molar-refractivity contribution in [3.05, 3.63) is 0 Å². The fourth-order valence-electron chi connectivity index (χ4n) is 14.2. The maximum Gasteiger partial charge on any atom is 0.472 e. The lowest BCUT2D eigenvalue weighted by Crippen LogP contribution is -2.30. The third-order valence-corrected chi connectivity index (χ3v) is 23.6. The number of aliphatic hydroxyl groups excluding tert-OH is 1. The van der Waals surface area contributed by atoms with Gasteiger partial charge < -0.3 is 33.8 Å². The molecule has 0 aliphatic heterocycles. The van der Waals surface area contributed by atoms with Gasteiger partial charge in [-0.15, -0.1) is 0 Å². The van der Waals surface area contributed by atoms with Gasteiger partial charge in [0.1, 0.15) is 19.3 Å². The van der Waals surface area contributed by atoms with Crippen molar-refractivity contribution in [3.63, 3.8) is 0 Å². The van der Waals surface area contributed by atoms with Gasteiger partial charge in [0.15, 0.2) is 12.2 Å². The van der Waals surface area contributed by atoms with E-state index < -0.39 is 97.5 Å². The van der Waals surface area contributed by atoms with Crippen molar-refractivity contribution in [3.8, 4) is 0 Å². The Hall–Kier alpha value is -1.94. The van der Waals surface area contributed by atoms with Crippen molar-refractivity contribution >= 4 is 39.5 Å². The largest absolute Gasteiger partial charge is 0.472 e. The summed E-state index contributed by atoms with van der Waals surface area (Å²) in [5, 5.41) is 10.7. The molecule has 0 spiro atoms. The summed E-state index contributed by atoms with van der Waals surface area (Å²) in [5.74, 6) is 0.391. The van der Waals surface area contributed by atoms with Crippen molar-refractivity contribution < 1.29 is 80.2 Å². The quantitative estimate of drug-likeness (QED) is 0.0222. The number of carbonyl (C=O) groups excluding carboxylic acids is 4. The molecule has 17 nitrogen and oxygen atoms in total. The predicted octanol–water partition coefficient (Wildman–Crippen LogP) is 28.0. The van der Waals surface area contributed by atoms with Crippen LogP contribution < -0.4 is 0 Å². The number of hydrogen-bond acceptors (Lipinski definition) is 15. The lowest BCUT2D eigenvalue weighted by molar-refractivity contribution is -0.161. The molecule has 654 valence electrons. The van der Waals surface area contributed by atoms with Gasteiger partial charge in [-0.25, -0.2) is 9.13 Å². The Balaban J connectivity index is 5.22. The van der Waals surface area contributed by atoms with Crippen LogP contribution in [0.15, 0.2) is 0 Å². The fraction of sp³-hybridized carbons (Fsp3) is 0.956. The summed E-state index contributed by atoms with van der Waals surface area (Å²) < 4.78 is 69.0. The van der Waals surface area contributed by atoms with Crippen LogP contribution in [-0.2, 0) is 65.4 Å². The van der Waals surface area contributed by atoms with Gasteiger partial charge in [0, 0.05) is 25.7 Å². The zero-order chi connectivity index (χ0) is 80.8. The van der Waals surface area contributed by atoms with Crippen LogP contribution >= 0.6 is 15.6 Å². The molecule has 0 aromatic rings. The number of carbonyl (C=O) groups is 4. The summed E-state index contributed by atoms with van der Waals surface area (Å²) >= 11 is 0. The molecule has 0 amide bonds. The van der Waals surface area contributed by atoms with Crippen LogP contribution in [0.5, 0.6) is 0 Å². The van der Waals surface area contributed by atoms with Crippen LogP contribution in [0.4, 0.5) is 0 Å². The molecule has 19 heteroatoms. The molecule has 6 atom stereocenters. The fourth-order valence-corrected chi connectivity index (χ4v) is 15.8. The monoisotopic (exact) mass is 1610 g/mol. The topological polar surface area (TPSA) is 237 Å². The molecule has 0 fully saturated rings. The van der Waals surface area contributed by atoms with Gasteiger partial charge in [-0.05, 0) is 43.4 Å². The van der Waals surface area contributed by atoms with Crippen LogP contribution in [0, 0.1) is 17.8 Å². The van der Waals surface area contributed by atoms with Crippen molar-refractivity contribution in [2.24, 2.45) is 17.8 Å². The highest BCUT2D eigenvalue weighted by Crippen LogP contribution is 2.45. The molecule has 3 N–H and O–H groups in total. The minimum atomic E-state index is -4.97. The van der Waals surface area contributed by atoms with Crippen molar-refractivity contribution in [1.29, 1.82) is 0 Å². The van der Waals surface area contributed by atoms with Gasteiger partial charge >= 0.3 is 39.5 Å². The maximum absolute atomic E-state index is 13.2. The third-order valence-electron chi connectivity index (χ3n) is 21.7. The van der Waals surface area contributed by atoms with E-state index in [-0.39, 0.29) is 25.7 Å². The maximum atomic E-state index is 13.2. The standard InChI is InChI=1S/C91H178O17P2/c1-8-10-11-12-13-14-44-51-58-65-72-88(93)101-78-86(107-91(96)75-68-61-54-47-40-34-28-27-31-37-43-50-57-64-71-84(7)9-2)80-105-109(97,98)103-76-85(92)77-104-110(99,100)106-81-87(108-90(95)74-67-60-53-46-39-33-26-22-18-16-20-24-30-36-42-49-56-63-70-83(5)6)79-102-89(94)73-66-59-52-45-38-32-25-21-17-15-19-23-29-35-41-48-55-62-69-82(3)4/h82-87,92H,8-81H2,1-7H3,(H,97,98)(H,99,100)/t84?,85-,86+,87+/m0/s1. The number of phosphoric acid groups is 2. The highest BCUT2D eigenvalue weighted by molar-refractivity contribution is 7.47. The summed E-state index contributed by atoms with van der Waals surface area (Å²) in [6.07, 6.45) is 73.6. The SMILES string of the molecule is CCCCCCCCCCCCC(=O)OC[C@H](COP(=O)(O)OC[C@H](O)COP(=O)(O)OC[C@@H](COC(=O)CCCCCCCCCCCCCCCCCCCCC(C)C)OC(=O)CCCCCCCCCCCCCCCCCCCCC(C)C)OC(=O)CCCCCCCCCCCCCCCCC(C)CC. The van der Waals surface area contributed by atoms with Gasteiger partial charge in [0.05, 0.1) is 26.4 Å². The van der Waals surface area contributed by atoms with Gasteiger partial charge in [-0.3, -0.25) is 37.3 Å². The summed E-state index contributed by atoms with van der Waals surface area (Å²) in [6, 6.07) is 0. The number of phosphoric ester groups is 2. The first-order valence-electron chi connectivity index (χ1n) is 46.9. The predicted molar refractivity (Wildman–Crippen MR) is 455 cm³/mol. The number of ether oxygens (including phenoxy) is 4. The van der Waals surface area contributed by atoms with Gasteiger partial charge in [0.25, 0.3) is 0 Å². The molecule has 0 aliphatic carbocycles. The van der Waals surface area contributed by atoms with Crippen LogP contribution in [0.25, 0.3) is 0 Å². The van der Waals surface area contributed by atoms with E-state index in [1.165, 1.54) is 295 Å². The second-order valence-corrected chi connectivity index (χ2v) is 36.8. The number of rotatable bonds is 89. The normalized spacial score (nSPS) is 14.0. The minimum Gasteiger partial charge on any atom is -0.462 e. The molecule has 0 aromatic heterocycles. The zero-order valence-electron chi connectivity index (χ0n) is 72.7. The number of esters is 4. The summed E-state index contributed by atoms with van der Waals surface area (Å²) in [6.45, 7) is 12.1. The highest BCUT2D eigenvalue weighted by atomic mass is 31.2. The molecule has 0 rings (SSSR count). The Morgan fingerprint density at radius 2 is 0.464 bits per heavy atom. The molecule has 110 heavy (non-hydrogen) atoms. The molecule has 0 radical (unpaired) electrons. The molecule has 0 saturated carbocycles. The van der Waals surface area contributed by atoms with E-state index in [9.17, 15) is 43.2 Å². The van der Waals surface area contributed by atoms with Crippen LogP contribution in [0.3, 0.4) is 0 Å². The van der Waals surface area contributed by atoms with E-state index in [4.69, 9.17) is 37.0 Å². The first kappa shape index (κ1) is 108. The molecule has 3 unspecified atom stereocenters. The highest BCUT2D eigenvalue weighted by Gasteiger charge is 2.31. The van der Waals surface area contributed by atoms with E-state index >= 15 is 0 Å². The first-order chi connectivity index (χ1) is 53.3. The van der Waals surface area contributed by atoms with Gasteiger partial charge in [-0.1, -0.05) is 434 Å². The van der Waals surface area contributed by atoms with E-state index in [0.717, 1.165) is 108 Å². The van der Waals surface area contributed by atoms with E-state index in [1.807, 2.05) is 0 Å². The van der Waals surface area contributed by atoms with Crippen LogP contribution in [0.1, 0.15) is 485 Å². The minimum absolute atomic E-state index is 0.108. The lowest BCUT2D eigenvalue weighted by Gasteiger charge is -2.21. The molecular formula is C91H178O17P2. The van der Waals surface area contributed by atoms with Crippen LogP contribution in [0.2, 0.25) is 0 Å². The number of aliphatic hydroxyl groups is 1. The third kappa shape index (κ3) is 82.6. The zero-order valence-corrected chi connectivity index (χ0v) is 74.5. The summed E-state index contributed by atoms with van der Waals surface area (Å²) in [5.41, 5.74) is 0. The average molecular weight is 1610 g/mol. The lowest BCUT2D eigenvalue weighted by atomic mass is 9.99. The Morgan fingerprint density at radius 3 is 0.691 bits per heavy atom. The van der Waals surface area contributed by atoms with E-state index in [2.05, 4.69) is 48.5 Å². The van der Waals surface area contributed by atoms with Gasteiger partial charge in [-0.2, -0.15) is 0 Å². The summed E-state index contributed by atoms with van der Waals surface area (Å²) in [4.78, 5) is 73.4. The Morgan fingerprint density at radius 1 is 0.264 bits per heavy atom. The Labute approximate surface area is 677 Å². The molecule has 0 saturated heterocycles. The molecule has 0 bridgehead atoms. The van der Waals surface area contributed by atoms with E-state index in [0.29, 0.717) is 25.7 Å². The number of hydrogen-bond donors (Lipinski definition) is 3. The van der Waals surface area contributed by atoms with E-state index in [1.54, 1.807) is 0 Å². The molecule has 0 aliphatic rings. The van der Waals surface area contributed by atoms with Crippen molar-refractivity contribution in [2.75, 3.05) is 39.6 Å². The first-order valence-corrected chi connectivity index (χ1v) is 49.9. The second kappa shape index (κ2) is 80.8. The number of unbranched alkanes of at least 4 members (excludes halogenated alkanes) is 56. The van der Waals surface area contributed by atoms with Gasteiger partial charge in [0.2, 0.25) is 0 Å².